The molecule has 5 heteroatoms. The van der Waals surface area contributed by atoms with Gasteiger partial charge >= 0.3 is 5.97 Å². The van der Waals surface area contributed by atoms with E-state index in [0.29, 0.717) is 6.42 Å². The molecule has 0 spiro atoms. The molecule has 0 aliphatic heterocycles. The van der Waals surface area contributed by atoms with Crippen LogP contribution < -0.4 is 5.32 Å². The zero-order chi connectivity index (χ0) is 14.3. The highest BCUT2D eigenvalue weighted by Gasteiger charge is 2.16. The second kappa shape index (κ2) is 7.51. The molecular formula is C14H18FNO3. The Morgan fingerprint density at radius 2 is 1.95 bits per heavy atom. The first-order chi connectivity index (χ1) is 9.02. The average Bonchev–Trinajstić information content (AvgIpc) is 2.38. The quantitative estimate of drug-likeness (QED) is 0.800. The van der Waals surface area contributed by atoms with Gasteiger partial charge in [0, 0.05) is 6.42 Å². The Morgan fingerprint density at radius 3 is 2.53 bits per heavy atom. The van der Waals surface area contributed by atoms with Crippen molar-refractivity contribution in [1.82, 2.24) is 5.32 Å². The first-order valence-electron chi connectivity index (χ1n) is 6.23. The number of esters is 1. The number of carbonyl (C=O) groups is 2. The van der Waals surface area contributed by atoms with Crippen molar-refractivity contribution in [3.8, 4) is 0 Å². The minimum atomic E-state index is -0.652. The maximum Gasteiger partial charge on any atom is 0.328 e. The number of rotatable bonds is 6. The summed E-state index contributed by atoms with van der Waals surface area (Å²) in [6.07, 6.45) is 0.747. The van der Waals surface area contributed by atoms with E-state index in [2.05, 4.69) is 5.32 Å². The number of benzene rings is 1. The Hall–Kier alpha value is -1.91. The first kappa shape index (κ1) is 15.1. The van der Waals surface area contributed by atoms with Gasteiger partial charge in [-0.3, -0.25) is 4.79 Å². The van der Waals surface area contributed by atoms with Crippen molar-refractivity contribution >= 4 is 11.9 Å². The minimum absolute atomic E-state index is 0.232. The van der Waals surface area contributed by atoms with Crippen LogP contribution in [0.4, 0.5) is 4.39 Å². The molecule has 0 saturated carbocycles. The molecule has 19 heavy (non-hydrogen) atoms. The van der Waals surface area contributed by atoms with Gasteiger partial charge in [0.1, 0.15) is 11.9 Å². The summed E-state index contributed by atoms with van der Waals surface area (Å²) in [5.41, 5.74) is 0.875. The molecule has 1 amide bonds. The molecular weight excluding hydrogens is 249 g/mol. The number of carbonyl (C=O) groups excluding carboxylic acids is 2. The molecule has 0 radical (unpaired) electrons. The molecule has 0 aromatic heterocycles. The predicted octanol–water partition coefficient (Wildman–Crippen LogP) is 1.83. The number of halogens is 1. The molecule has 0 heterocycles. The zero-order valence-corrected chi connectivity index (χ0v) is 11.1. The van der Waals surface area contributed by atoms with E-state index >= 15 is 0 Å². The second-order valence-electron chi connectivity index (χ2n) is 4.17. The van der Waals surface area contributed by atoms with Gasteiger partial charge < -0.3 is 10.1 Å². The van der Waals surface area contributed by atoms with Gasteiger partial charge in [-0.15, -0.1) is 0 Å². The van der Waals surface area contributed by atoms with Crippen LogP contribution >= 0.6 is 0 Å². The third kappa shape index (κ3) is 5.50. The highest BCUT2D eigenvalue weighted by Crippen LogP contribution is 2.05. The van der Waals surface area contributed by atoms with Crippen LogP contribution in [0, 0.1) is 5.82 Å². The van der Waals surface area contributed by atoms with Gasteiger partial charge in [-0.1, -0.05) is 12.1 Å². The van der Waals surface area contributed by atoms with Crippen molar-refractivity contribution in [1.29, 1.82) is 0 Å². The van der Waals surface area contributed by atoms with E-state index in [1.165, 1.54) is 12.1 Å². The monoisotopic (exact) mass is 267 g/mol. The fraction of sp³-hybridized carbons (Fsp3) is 0.429. The van der Waals surface area contributed by atoms with E-state index in [9.17, 15) is 14.0 Å². The summed E-state index contributed by atoms with van der Waals surface area (Å²) in [6, 6.07) is 5.33. The third-order valence-corrected chi connectivity index (χ3v) is 2.57. The molecule has 0 saturated heterocycles. The van der Waals surface area contributed by atoms with Gasteiger partial charge in [0.2, 0.25) is 5.91 Å². The highest BCUT2D eigenvalue weighted by atomic mass is 19.1. The van der Waals surface area contributed by atoms with Crippen LogP contribution in [-0.2, 0) is 20.7 Å². The van der Waals surface area contributed by atoms with Gasteiger partial charge in [0.15, 0.2) is 0 Å². The summed E-state index contributed by atoms with van der Waals surface area (Å²) < 4.78 is 17.5. The average molecular weight is 267 g/mol. The van der Waals surface area contributed by atoms with Crippen molar-refractivity contribution in [2.45, 2.75) is 32.7 Å². The maximum atomic E-state index is 12.7. The third-order valence-electron chi connectivity index (χ3n) is 2.57. The number of hydrogen-bond donors (Lipinski definition) is 1. The zero-order valence-electron chi connectivity index (χ0n) is 11.1. The standard InChI is InChI=1S/C14H18FNO3/c1-3-19-14(18)10(2)16-13(17)9-6-11-4-7-12(15)8-5-11/h4-5,7-8,10H,3,6,9H2,1-2H3,(H,16,17)/t10-/m0/s1. The molecule has 0 unspecified atom stereocenters. The summed E-state index contributed by atoms with van der Waals surface area (Å²) in [7, 11) is 0. The van der Waals surface area contributed by atoms with E-state index in [0.717, 1.165) is 5.56 Å². The first-order valence-corrected chi connectivity index (χ1v) is 6.23. The Morgan fingerprint density at radius 1 is 1.32 bits per heavy atom. The van der Waals surface area contributed by atoms with Gasteiger partial charge in [-0.05, 0) is 38.0 Å². The van der Waals surface area contributed by atoms with Gasteiger partial charge in [0.05, 0.1) is 6.61 Å². The molecule has 0 fully saturated rings. The molecule has 1 atom stereocenters. The summed E-state index contributed by atoms with van der Waals surface area (Å²) >= 11 is 0. The SMILES string of the molecule is CCOC(=O)[C@H](C)NC(=O)CCc1ccc(F)cc1. The molecule has 104 valence electrons. The van der Waals surface area contributed by atoms with Crippen LogP contribution in [0.3, 0.4) is 0 Å². The van der Waals surface area contributed by atoms with Crippen molar-refractivity contribution in [2.75, 3.05) is 6.61 Å². The Balaban J connectivity index is 2.35. The van der Waals surface area contributed by atoms with Crippen molar-refractivity contribution in [3.63, 3.8) is 0 Å². The highest BCUT2D eigenvalue weighted by molar-refractivity contribution is 5.84. The molecule has 1 aromatic carbocycles. The fourth-order valence-corrected chi connectivity index (χ4v) is 1.55. The molecule has 4 nitrogen and oxygen atoms in total. The van der Waals surface area contributed by atoms with Crippen molar-refractivity contribution < 1.29 is 18.7 Å². The summed E-state index contributed by atoms with van der Waals surface area (Å²) in [5, 5.41) is 2.56. The number of nitrogens with one attached hydrogen (secondary N) is 1. The van der Waals surface area contributed by atoms with Gasteiger partial charge in [0.25, 0.3) is 0 Å². The van der Waals surface area contributed by atoms with Crippen LogP contribution in [0.2, 0.25) is 0 Å². The smallest absolute Gasteiger partial charge is 0.328 e. The lowest BCUT2D eigenvalue weighted by Crippen LogP contribution is -2.39. The Labute approximate surface area is 112 Å². The Bertz CT molecular complexity index is 431. The number of amides is 1. The lowest BCUT2D eigenvalue weighted by molar-refractivity contribution is -0.146. The predicted molar refractivity (Wildman–Crippen MR) is 69.0 cm³/mol. The molecule has 1 aromatic rings. The van der Waals surface area contributed by atoms with Crippen molar-refractivity contribution in [2.24, 2.45) is 0 Å². The van der Waals surface area contributed by atoms with Crippen LogP contribution in [0.15, 0.2) is 24.3 Å². The molecule has 1 rings (SSSR count). The van der Waals surface area contributed by atoms with E-state index in [1.807, 2.05) is 0 Å². The molecule has 0 aliphatic rings. The van der Waals surface area contributed by atoms with E-state index < -0.39 is 12.0 Å². The summed E-state index contributed by atoms with van der Waals surface area (Å²) in [4.78, 5) is 22.9. The van der Waals surface area contributed by atoms with E-state index in [-0.39, 0.29) is 24.8 Å². The van der Waals surface area contributed by atoms with Gasteiger partial charge in [-0.25, -0.2) is 9.18 Å². The Kier molecular flexibility index (Phi) is 5.99. The van der Waals surface area contributed by atoms with Crippen LogP contribution in [-0.4, -0.2) is 24.5 Å². The lowest BCUT2D eigenvalue weighted by atomic mass is 10.1. The largest absolute Gasteiger partial charge is 0.464 e. The van der Waals surface area contributed by atoms with Crippen molar-refractivity contribution in [3.05, 3.63) is 35.6 Å². The van der Waals surface area contributed by atoms with Crippen LogP contribution in [0.1, 0.15) is 25.8 Å². The number of hydrogen-bond acceptors (Lipinski definition) is 3. The minimum Gasteiger partial charge on any atom is -0.464 e. The molecule has 0 bridgehead atoms. The summed E-state index contributed by atoms with van der Waals surface area (Å²) in [6.45, 7) is 3.57. The normalized spacial score (nSPS) is 11.7. The van der Waals surface area contributed by atoms with Crippen LogP contribution in [0.5, 0.6) is 0 Å². The van der Waals surface area contributed by atoms with Gasteiger partial charge in [-0.2, -0.15) is 0 Å². The number of aryl methyl sites for hydroxylation is 1. The molecule has 1 N–H and O–H groups in total. The fourth-order valence-electron chi connectivity index (χ4n) is 1.55. The molecule has 0 aliphatic carbocycles. The van der Waals surface area contributed by atoms with E-state index in [1.54, 1.807) is 26.0 Å². The number of ether oxygens (including phenoxy) is 1. The van der Waals surface area contributed by atoms with E-state index in [4.69, 9.17) is 4.74 Å². The maximum absolute atomic E-state index is 12.7. The second-order valence-corrected chi connectivity index (χ2v) is 4.17. The summed E-state index contributed by atoms with van der Waals surface area (Å²) in [5.74, 6) is -0.980. The lowest BCUT2D eigenvalue weighted by Gasteiger charge is -2.12. The topological polar surface area (TPSA) is 55.4 Å². The van der Waals surface area contributed by atoms with Crippen LogP contribution in [0.25, 0.3) is 0 Å².